The monoisotopic (exact) mass is 473 g/mol. The first-order valence-corrected chi connectivity index (χ1v) is 12.4. The molecule has 1 N–H and O–H groups in total. The summed E-state index contributed by atoms with van der Waals surface area (Å²) in [5.41, 5.74) is 2.65. The summed E-state index contributed by atoms with van der Waals surface area (Å²) >= 11 is 0. The van der Waals surface area contributed by atoms with Crippen molar-refractivity contribution >= 4 is 34.3 Å². The number of nitrogens with one attached hydrogen (secondary N) is 1. The van der Waals surface area contributed by atoms with Crippen LogP contribution in [0.15, 0.2) is 54.7 Å². The van der Waals surface area contributed by atoms with E-state index in [4.69, 9.17) is 4.74 Å². The summed E-state index contributed by atoms with van der Waals surface area (Å²) in [6.45, 7) is 0.400. The summed E-state index contributed by atoms with van der Waals surface area (Å²) in [6, 6.07) is 14.2. The Hall–Kier alpha value is -3.61. The van der Waals surface area contributed by atoms with Gasteiger partial charge in [0.1, 0.15) is 11.8 Å². The van der Waals surface area contributed by atoms with Crippen LogP contribution in [0, 0.1) is 5.92 Å². The van der Waals surface area contributed by atoms with Crippen LogP contribution in [-0.4, -0.2) is 47.3 Å². The number of rotatable bonds is 7. The maximum Gasteiger partial charge on any atom is 0.257 e. The van der Waals surface area contributed by atoms with Gasteiger partial charge in [-0.05, 0) is 55.2 Å². The van der Waals surface area contributed by atoms with E-state index in [0.717, 1.165) is 48.6 Å². The number of para-hydroxylation sites is 1. The summed E-state index contributed by atoms with van der Waals surface area (Å²) < 4.78 is 5.20. The number of aromatic nitrogens is 1. The Kier molecular flexibility index (Phi) is 6.57. The zero-order valence-electron chi connectivity index (χ0n) is 20.0. The smallest absolute Gasteiger partial charge is 0.257 e. The average Bonchev–Trinajstić information content (AvgIpc) is 3.44. The highest BCUT2D eigenvalue weighted by atomic mass is 16.5. The molecule has 1 aliphatic carbocycles. The Morgan fingerprint density at radius 2 is 1.80 bits per heavy atom. The molecule has 35 heavy (non-hydrogen) atoms. The molecule has 1 unspecified atom stereocenters. The van der Waals surface area contributed by atoms with E-state index in [2.05, 4.69) is 11.1 Å². The summed E-state index contributed by atoms with van der Waals surface area (Å²) in [5, 5.41) is 1.12. The van der Waals surface area contributed by atoms with Gasteiger partial charge in [0, 0.05) is 29.6 Å². The largest absolute Gasteiger partial charge is 0.497 e. The molecule has 1 aromatic heterocycles. The lowest BCUT2D eigenvalue weighted by molar-refractivity contribution is -0.142. The molecule has 1 atom stereocenters. The maximum absolute atomic E-state index is 13.7. The number of ether oxygens (including phenoxy) is 1. The molecule has 5 rings (SSSR count). The Morgan fingerprint density at radius 1 is 1.06 bits per heavy atom. The first kappa shape index (κ1) is 23.1. The number of hydrogen-bond donors (Lipinski definition) is 1. The fourth-order valence-corrected chi connectivity index (χ4v) is 5.44. The third-order valence-electron chi connectivity index (χ3n) is 7.36. The van der Waals surface area contributed by atoms with Gasteiger partial charge in [-0.3, -0.25) is 14.4 Å². The predicted octanol–water partition coefficient (Wildman–Crippen LogP) is 4.46. The van der Waals surface area contributed by atoms with Crippen LogP contribution >= 0.6 is 0 Å². The molecular weight excluding hydrogens is 442 g/mol. The van der Waals surface area contributed by atoms with Crippen LogP contribution in [0.1, 0.15) is 44.1 Å². The van der Waals surface area contributed by atoms with Gasteiger partial charge in [0.25, 0.3) is 5.91 Å². The predicted molar refractivity (Wildman–Crippen MR) is 134 cm³/mol. The quantitative estimate of drug-likeness (QED) is 0.514. The van der Waals surface area contributed by atoms with Gasteiger partial charge in [-0.2, -0.15) is 0 Å². The molecule has 1 aliphatic heterocycles. The van der Waals surface area contributed by atoms with E-state index < -0.39 is 6.04 Å². The van der Waals surface area contributed by atoms with Crippen molar-refractivity contribution in [2.45, 2.75) is 51.0 Å². The van der Waals surface area contributed by atoms with Crippen molar-refractivity contribution in [3.63, 3.8) is 0 Å². The molecule has 3 aromatic rings. The number of amides is 3. The molecule has 2 heterocycles. The van der Waals surface area contributed by atoms with E-state index in [-0.39, 0.29) is 30.1 Å². The zero-order valence-corrected chi connectivity index (χ0v) is 20.0. The van der Waals surface area contributed by atoms with Gasteiger partial charge in [-0.1, -0.05) is 37.5 Å². The van der Waals surface area contributed by atoms with E-state index in [0.29, 0.717) is 24.4 Å². The SMILES string of the molecule is COc1ccc(N2C(=O)CC(N(CCc3c[nH]c4ccccc34)C(=O)C3CCCCC3)C2=O)cc1. The molecule has 0 radical (unpaired) electrons. The van der Waals surface area contributed by atoms with Crippen molar-refractivity contribution in [1.82, 2.24) is 9.88 Å². The fourth-order valence-electron chi connectivity index (χ4n) is 5.44. The fraction of sp³-hybridized carbons (Fsp3) is 0.393. The average molecular weight is 474 g/mol. The third kappa shape index (κ3) is 4.55. The normalized spacial score (nSPS) is 18.9. The van der Waals surface area contributed by atoms with Crippen molar-refractivity contribution in [3.8, 4) is 5.75 Å². The van der Waals surface area contributed by atoms with Crippen LogP contribution in [-0.2, 0) is 20.8 Å². The van der Waals surface area contributed by atoms with Crippen molar-refractivity contribution < 1.29 is 19.1 Å². The Bertz CT molecular complexity index is 1230. The van der Waals surface area contributed by atoms with E-state index in [1.165, 1.54) is 4.90 Å². The van der Waals surface area contributed by atoms with Crippen molar-refractivity contribution in [2.75, 3.05) is 18.6 Å². The number of benzene rings is 2. The number of nitrogens with zero attached hydrogens (tertiary/aromatic N) is 2. The lowest BCUT2D eigenvalue weighted by atomic mass is 9.87. The van der Waals surface area contributed by atoms with Crippen LogP contribution < -0.4 is 9.64 Å². The van der Waals surface area contributed by atoms with Gasteiger partial charge < -0.3 is 14.6 Å². The number of carbonyl (C=O) groups excluding carboxylic acids is 3. The molecule has 7 nitrogen and oxygen atoms in total. The van der Waals surface area contributed by atoms with Crippen LogP contribution in [0.4, 0.5) is 5.69 Å². The Morgan fingerprint density at radius 3 is 2.54 bits per heavy atom. The van der Waals surface area contributed by atoms with E-state index in [9.17, 15) is 14.4 Å². The van der Waals surface area contributed by atoms with Crippen LogP contribution in [0.3, 0.4) is 0 Å². The maximum atomic E-state index is 13.7. The zero-order chi connectivity index (χ0) is 24.4. The highest BCUT2D eigenvalue weighted by Gasteiger charge is 2.45. The summed E-state index contributed by atoms with van der Waals surface area (Å²) in [5.74, 6) is -0.0314. The third-order valence-corrected chi connectivity index (χ3v) is 7.36. The number of fused-ring (bicyclic) bond motifs is 1. The number of anilines is 1. The minimum Gasteiger partial charge on any atom is -0.497 e. The van der Waals surface area contributed by atoms with E-state index >= 15 is 0 Å². The van der Waals surface area contributed by atoms with Crippen molar-refractivity contribution in [1.29, 1.82) is 0 Å². The molecule has 1 saturated carbocycles. The summed E-state index contributed by atoms with van der Waals surface area (Å²) in [6.07, 6.45) is 7.49. The highest BCUT2D eigenvalue weighted by Crippen LogP contribution is 2.31. The second kappa shape index (κ2) is 9.94. The Balaban J connectivity index is 1.40. The lowest BCUT2D eigenvalue weighted by Crippen LogP contribution is -2.48. The Labute approximate surface area is 205 Å². The van der Waals surface area contributed by atoms with Gasteiger partial charge in [-0.25, -0.2) is 4.90 Å². The number of hydrogen-bond acceptors (Lipinski definition) is 4. The lowest BCUT2D eigenvalue weighted by Gasteiger charge is -2.32. The summed E-state index contributed by atoms with van der Waals surface area (Å²) in [4.78, 5) is 46.4. The molecular formula is C28H31N3O4. The number of H-pyrrole nitrogens is 1. The molecule has 7 heteroatoms. The first-order chi connectivity index (χ1) is 17.1. The van der Waals surface area contributed by atoms with Gasteiger partial charge in [0.2, 0.25) is 11.8 Å². The number of aromatic amines is 1. The molecule has 2 aliphatic rings. The molecule has 3 amide bonds. The molecule has 1 saturated heterocycles. The van der Waals surface area contributed by atoms with E-state index in [1.807, 2.05) is 24.4 Å². The first-order valence-electron chi connectivity index (χ1n) is 12.4. The molecule has 0 bridgehead atoms. The minimum absolute atomic E-state index is 0.00673. The summed E-state index contributed by atoms with van der Waals surface area (Å²) in [7, 11) is 1.57. The standard InChI is InChI=1S/C28H31N3O4/c1-35-22-13-11-21(12-14-22)31-26(32)17-25(28(31)34)30(27(33)19-7-3-2-4-8-19)16-15-20-18-29-24-10-6-5-9-23(20)24/h5-6,9-14,18-19,25,29H,2-4,7-8,15-17H2,1H3. The topological polar surface area (TPSA) is 82.7 Å². The molecule has 2 aromatic carbocycles. The van der Waals surface area contributed by atoms with Gasteiger partial charge in [0.15, 0.2) is 0 Å². The van der Waals surface area contributed by atoms with Gasteiger partial charge >= 0.3 is 0 Å². The number of imide groups is 1. The molecule has 0 spiro atoms. The molecule has 2 fully saturated rings. The second-order valence-electron chi connectivity index (χ2n) is 9.46. The highest BCUT2D eigenvalue weighted by molar-refractivity contribution is 6.23. The van der Waals surface area contributed by atoms with Crippen molar-refractivity contribution in [2.24, 2.45) is 5.92 Å². The number of methoxy groups -OCH3 is 1. The minimum atomic E-state index is -0.774. The van der Waals surface area contributed by atoms with Crippen molar-refractivity contribution in [3.05, 3.63) is 60.3 Å². The van der Waals surface area contributed by atoms with Crippen LogP contribution in [0.2, 0.25) is 0 Å². The van der Waals surface area contributed by atoms with Gasteiger partial charge in [0.05, 0.1) is 19.2 Å². The molecule has 182 valence electrons. The second-order valence-corrected chi connectivity index (χ2v) is 9.46. The van der Waals surface area contributed by atoms with Gasteiger partial charge in [-0.15, -0.1) is 0 Å². The number of carbonyl (C=O) groups is 3. The van der Waals surface area contributed by atoms with Crippen LogP contribution in [0.25, 0.3) is 10.9 Å². The van der Waals surface area contributed by atoms with Crippen LogP contribution in [0.5, 0.6) is 5.75 Å². The van der Waals surface area contributed by atoms with E-state index in [1.54, 1.807) is 36.3 Å².